The predicted molar refractivity (Wildman–Crippen MR) is 63.8 cm³/mol. The van der Waals surface area contributed by atoms with Crippen molar-refractivity contribution in [1.82, 2.24) is 25.4 Å². The van der Waals surface area contributed by atoms with Gasteiger partial charge in [0.05, 0.1) is 5.69 Å². The molecule has 0 bridgehead atoms. The van der Waals surface area contributed by atoms with Crippen molar-refractivity contribution >= 4 is 23.3 Å². The lowest BCUT2D eigenvalue weighted by atomic mass is 10.3. The van der Waals surface area contributed by atoms with Gasteiger partial charge in [0.15, 0.2) is 0 Å². The van der Waals surface area contributed by atoms with E-state index in [1.54, 1.807) is 25.1 Å². The Morgan fingerprint density at radius 1 is 1.22 bits per heavy atom. The first-order valence-electron chi connectivity index (χ1n) is 4.99. The Balaban J connectivity index is 1.95. The number of nitrogens with one attached hydrogen (secondary N) is 2. The lowest BCUT2D eigenvalue weighted by Gasteiger charge is -2.05. The molecular formula is C10H9N5O2S. The smallest absolute Gasteiger partial charge is 0.266 e. The SMILES string of the molecule is Cc1nnsc1C(=O)NNC(=O)c1ccccn1. The highest BCUT2D eigenvalue weighted by atomic mass is 32.1. The van der Waals surface area contributed by atoms with Gasteiger partial charge in [0.2, 0.25) is 0 Å². The molecule has 0 unspecified atom stereocenters. The maximum Gasteiger partial charge on any atom is 0.288 e. The van der Waals surface area contributed by atoms with Gasteiger partial charge in [0.1, 0.15) is 10.6 Å². The van der Waals surface area contributed by atoms with Gasteiger partial charge in [0, 0.05) is 6.20 Å². The molecule has 0 radical (unpaired) electrons. The summed E-state index contributed by atoms with van der Waals surface area (Å²) in [5, 5.41) is 3.71. The van der Waals surface area contributed by atoms with E-state index >= 15 is 0 Å². The van der Waals surface area contributed by atoms with Gasteiger partial charge in [-0.3, -0.25) is 25.4 Å². The van der Waals surface area contributed by atoms with Gasteiger partial charge in [-0.2, -0.15) is 0 Å². The maximum absolute atomic E-state index is 11.6. The summed E-state index contributed by atoms with van der Waals surface area (Å²) in [6, 6.07) is 4.92. The molecule has 2 aromatic heterocycles. The van der Waals surface area contributed by atoms with Crippen LogP contribution in [0.5, 0.6) is 0 Å². The lowest BCUT2D eigenvalue weighted by Crippen LogP contribution is -2.41. The van der Waals surface area contributed by atoms with E-state index < -0.39 is 11.8 Å². The highest BCUT2D eigenvalue weighted by Crippen LogP contribution is 2.07. The Bertz CT molecular complexity index is 569. The zero-order valence-corrected chi connectivity index (χ0v) is 10.2. The second-order valence-electron chi connectivity index (χ2n) is 3.31. The molecule has 2 amide bonds. The van der Waals surface area contributed by atoms with Crippen LogP contribution in [0.1, 0.15) is 25.9 Å². The van der Waals surface area contributed by atoms with Gasteiger partial charge >= 0.3 is 0 Å². The highest BCUT2D eigenvalue weighted by Gasteiger charge is 2.14. The quantitative estimate of drug-likeness (QED) is 0.760. The first-order valence-corrected chi connectivity index (χ1v) is 5.76. The molecule has 0 fully saturated rings. The first kappa shape index (κ1) is 12.1. The average molecular weight is 263 g/mol. The van der Waals surface area contributed by atoms with Gasteiger partial charge in [-0.15, -0.1) is 5.10 Å². The number of aromatic nitrogens is 3. The third-order valence-electron chi connectivity index (χ3n) is 2.04. The zero-order chi connectivity index (χ0) is 13.0. The number of hydrazine groups is 1. The van der Waals surface area contributed by atoms with Gasteiger partial charge in [0.25, 0.3) is 11.8 Å². The monoisotopic (exact) mass is 263 g/mol. The third-order valence-corrected chi connectivity index (χ3v) is 2.87. The minimum atomic E-state index is -0.487. The van der Waals surface area contributed by atoms with Crippen molar-refractivity contribution in [3.63, 3.8) is 0 Å². The summed E-state index contributed by atoms with van der Waals surface area (Å²) in [6.07, 6.45) is 1.49. The Morgan fingerprint density at radius 3 is 2.61 bits per heavy atom. The van der Waals surface area contributed by atoms with E-state index in [2.05, 4.69) is 25.4 Å². The summed E-state index contributed by atoms with van der Waals surface area (Å²) < 4.78 is 3.63. The van der Waals surface area contributed by atoms with Crippen molar-refractivity contribution in [2.75, 3.05) is 0 Å². The third kappa shape index (κ3) is 2.66. The van der Waals surface area contributed by atoms with E-state index in [1.807, 2.05) is 0 Å². The molecule has 0 aromatic carbocycles. The molecule has 0 atom stereocenters. The van der Waals surface area contributed by atoms with Crippen LogP contribution in [0.2, 0.25) is 0 Å². The second kappa shape index (κ2) is 5.32. The van der Waals surface area contributed by atoms with E-state index in [0.29, 0.717) is 10.6 Å². The number of carbonyl (C=O) groups is 2. The number of rotatable bonds is 2. The van der Waals surface area contributed by atoms with Crippen LogP contribution >= 0.6 is 11.5 Å². The van der Waals surface area contributed by atoms with Crippen molar-refractivity contribution in [1.29, 1.82) is 0 Å². The lowest BCUT2D eigenvalue weighted by molar-refractivity contribution is 0.0845. The second-order valence-corrected chi connectivity index (χ2v) is 4.06. The van der Waals surface area contributed by atoms with Crippen LogP contribution in [0, 0.1) is 6.92 Å². The predicted octanol–water partition coefficient (Wildman–Crippen LogP) is 0.316. The van der Waals surface area contributed by atoms with Crippen molar-refractivity contribution < 1.29 is 9.59 Å². The van der Waals surface area contributed by atoms with E-state index in [-0.39, 0.29) is 5.69 Å². The Morgan fingerprint density at radius 2 is 2.00 bits per heavy atom. The molecular weight excluding hydrogens is 254 g/mol. The summed E-state index contributed by atoms with van der Waals surface area (Å²) in [4.78, 5) is 27.4. The molecule has 18 heavy (non-hydrogen) atoms. The van der Waals surface area contributed by atoms with Gasteiger partial charge in [-0.25, -0.2) is 0 Å². The fourth-order valence-electron chi connectivity index (χ4n) is 1.17. The molecule has 0 saturated heterocycles. The van der Waals surface area contributed by atoms with Crippen molar-refractivity contribution in [3.05, 3.63) is 40.7 Å². The topological polar surface area (TPSA) is 96.9 Å². The summed E-state index contributed by atoms with van der Waals surface area (Å²) in [6.45, 7) is 1.67. The minimum Gasteiger partial charge on any atom is -0.266 e. The molecule has 0 aliphatic rings. The molecule has 0 saturated carbocycles. The van der Waals surface area contributed by atoms with Crippen LogP contribution in [-0.2, 0) is 0 Å². The average Bonchev–Trinajstić information content (AvgIpc) is 2.83. The van der Waals surface area contributed by atoms with Gasteiger partial charge < -0.3 is 0 Å². The van der Waals surface area contributed by atoms with E-state index in [4.69, 9.17) is 0 Å². The van der Waals surface area contributed by atoms with Crippen molar-refractivity contribution in [2.24, 2.45) is 0 Å². The molecule has 0 spiro atoms. The highest BCUT2D eigenvalue weighted by molar-refractivity contribution is 7.07. The number of pyridine rings is 1. The molecule has 92 valence electrons. The molecule has 7 nitrogen and oxygen atoms in total. The number of carbonyl (C=O) groups excluding carboxylic acids is 2. The van der Waals surface area contributed by atoms with E-state index in [1.165, 1.54) is 6.20 Å². The van der Waals surface area contributed by atoms with Crippen LogP contribution in [-0.4, -0.2) is 26.4 Å². The Labute approximate surface area is 106 Å². The number of amides is 2. The van der Waals surface area contributed by atoms with Crippen LogP contribution in [0.4, 0.5) is 0 Å². The normalized spacial score (nSPS) is 9.83. The van der Waals surface area contributed by atoms with Crippen molar-refractivity contribution in [3.8, 4) is 0 Å². The summed E-state index contributed by atoms with van der Waals surface area (Å²) >= 11 is 0.965. The summed E-state index contributed by atoms with van der Waals surface area (Å²) in [7, 11) is 0. The van der Waals surface area contributed by atoms with Crippen molar-refractivity contribution in [2.45, 2.75) is 6.92 Å². The largest absolute Gasteiger partial charge is 0.288 e. The van der Waals surface area contributed by atoms with Gasteiger partial charge in [-0.05, 0) is 30.6 Å². The van der Waals surface area contributed by atoms with E-state index in [0.717, 1.165) is 11.5 Å². The number of hydrogen-bond acceptors (Lipinski definition) is 6. The van der Waals surface area contributed by atoms with E-state index in [9.17, 15) is 9.59 Å². The fourth-order valence-corrected chi connectivity index (χ4v) is 1.72. The van der Waals surface area contributed by atoms with Crippen LogP contribution in [0.15, 0.2) is 24.4 Å². The first-order chi connectivity index (χ1) is 8.68. The molecule has 2 heterocycles. The van der Waals surface area contributed by atoms with Crippen LogP contribution in [0.25, 0.3) is 0 Å². The maximum atomic E-state index is 11.6. The number of aryl methyl sites for hydroxylation is 1. The van der Waals surface area contributed by atoms with Crippen LogP contribution in [0.3, 0.4) is 0 Å². The molecule has 2 N–H and O–H groups in total. The molecule has 2 aromatic rings. The number of nitrogens with zero attached hydrogens (tertiary/aromatic N) is 3. The zero-order valence-electron chi connectivity index (χ0n) is 9.38. The van der Waals surface area contributed by atoms with Crippen LogP contribution < -0.4 is 10.9 Å². The van der Waals surface area contributed by atoms with Gasteiger partial charge in [-0.1, -0.05) is 10.6 Å². The molecule has 2 rings (SSSR count). The summed E-state index contributed by atoms with van der Waals surface area (Å²) in [5.74, 6) is -0.939. The minimum absolute atomic E-state index is 0.219. The Kier molecular flexibility index (Phi) is 3.58. The summed E-state index contributed by atoms with van der Waals surface area (Å²) in [5.41, 5.74) is 5.28. The Hall–Kier alpha value is -2.35. The molecule has 0 aliphatic heterocycles. The molecule has 8 heteroatoms. The number of hydrogen-bond donors (Lipinski definition) is 2. The standard InChI is InChI=1S/C10H9N5O2S/c1-6-8(18-15-12-6)10(17)14-13-9(16)7-4-2-3-5-11-7/h2-5H,1H3,(H,13,16)(H,14,17). The fraction of sp³-hybridized carbons (Fsp3) is 0.100. The molecule has 0 aliphatic carbocycles.